The molecule has 0 N–H and O–H groups in total. The molecule has 0 aromatic heterocycles. The Morgan fingerprint density at radius 2 is 1.77 bits per heavy atom. The van der Waals surface area contributed by atoms with Crippen molar-refractivity contribution in [2.45, 2.75) is 40.3 Å². The molecule has 1 aliphatic rings. The first-order valence-corrected chi connectivity index (χ1v) is 4.86. The normalized spacial score (nSPS) is 39.7. The van der Waals surface area contributed by atoms with Crippen molar-refractivity contribution < 1.29 is 13.2 Å². The van der Waals surface area contributed by atoms with Crippen LogP contribution in [0.4, 0.5) is 13.2 Å². The van der Waals surface area contributed by atoms with Gasteiger partial charge in [0.1, 0.15) is 0 Å². The molecule has 0 nitrogen and oxygen atoms in total. The van der Waals surface area contributed by atoms with Crippen LogP contribution in [-0.4, -0.2) is 6.18 Å². The minimum atomic E-state index is -4.03. The zero-order chi connectivity index (χ0) is 10.4. The molecular formula is C10H17F3. The first-order valence-electron chi connectivity index (χ1n) is 4.86. The standard InChI is InChI=1S/C10H17F3/c1-5-8-7(4)9(8,6(2)3)10(11,12)13/h6-8H,5H2,1-4H3. The van der Waals surface area contributed by atoms with Gasteiger partial charge in [0.15, 0.2) is 0 Å². The van der Waals surface area contributed by atoms with Gasteiger partial charge in [0, 0.05) is 0 Å². The van der Waals surface area contributed by atoms with Gasteiger partial charge < -0.3 is 0 Å². The van der Waals surface area contributed by atoms with E-state index in [-0.39, 0.29) is 17.8 Å². The van der Waals surface area contributed by atoms with E-state index >= 15 is 0 Å². The molecule has 3 unspecified atom stereocenters. The highest BCUT2D eigenvalue weighted by atomic mass is 19.4. The third-order valence-electron chi connectivity index (χ3n) is 3.75. The lowest BCUT2D eigenvalue weighted by atomic mass is 9.87. The summed E-state index contributed by atoms with van der Waals surface area (Å²) in [4.78, 5) is 0. The highest BCUT2D eigenvalue weighted by Crippen LogP contribution is 2.71. The number of halogens is 3. The van der Waals surface area contributed by atoms with Crippen LogP contribution in [0.1, 0.15) is 34.1 Å². The summed E-state index contributed by atoms with van der Waals surface area (Å²) >= 11 is 0. The molecule has 1 saturated carbocycles. The Bertz CT molecular complexity index is 195. The highest BCUT2D eigenvalue weighted by Gasteiger charge is 2.75. The fraction of sp³-hybridized carbons (Fsp3) is 1.00. The van der Waals surface area contributed by atoms with Crippen molar-refractivity contribution in [3.63, 3.8) is 0 Å². The first-order chi connectivity index (χ1) is 5.80. The lowest BCUT2D eigenvalue weighted by Gasteiger charge is -2.25. The number of rotatable bonds is 2. The minimum absolute atomic E-state index is 0.160. The average Bonchev–Trinajstić information content (AvgIpc) is 2.54. The zero-order valence-corrected chi connectivity index (χ0v) is 8.57. The molecule has 1 rings (SSSR count). The molecule has 0 spiro atoms. The van der Waals surface area contributed by atoms with Crippen molar-refractivity contribution in [3.05, 3.63) is 0 Å². The topological polar surface area (TPSA) is 0 Å². The quantitative estimate of drug-likeness (QED) is 0.626. The molecule has 0 heterocycles. The maximum Gasteiger partial charge on any atom is 0.395 e. The second-order valence-corrected chi connectivity index (χ2v) is 4.39. The summed E-state index contributed by atoms with van der Waals surface area (Å²) in [6.07, 6.45) is -3.39. The first kappa shape index (κ1) is 10.9. The summed E-state index contributed by atoms with van der Waals surface area (Å²) in [5.41, 5.74) is -1.39. The Morgan fingerprint density at radius 1 is 1.31 bits per heavy atom. The lowest BCUT2D eigenvalue weighted by molar-refractivity contribution is -0.209. The van der Waals surface area contributed by atoms with Crippen molar-refractivity contribution >= 4 is 0 Å². The largest absolute Gasteiger partial charge is 0.395 e. The van der Waals surface area contributed by atoms with Crippen molar-refractivity contribution in [2.75, 3.05) is 0 Å². The van der Waals surface area contributed by atoms with Gasteiger partial charge in [0.25, 0.3) is 0 Å². The van der Waals surface area contributed by atoms with Crippen LogP contribution in [0.3, 0.4) is 0 Å². The summed E-state index contributed by atoms with van der Waals surface area (Å²) in [5.74, 6) is -0.655. The molecule has 0 radical (unpaired) electrons. The van der Waals surface area contributed by atoms with Gasteiger partial charge >= 0.3 is 6.18 Å². The van der Waals surface area contributed by atoms with E-state index in [4.69, 9.17) is 0 Å². The van der Waals surface area contributed by atoms with Crippen molar-refractivity contribution in [1.82, 2.24) is 0 Å². The molecule has 78 valence electrons. The van der Waals surface area contributed by atoms with E-state index in [2.05, 4.69) is 0 Å². The SMILES string of the molecule is CCC1C(C)C1(C(C)C)C(F)(F)F. The summed E-state index contributed by atoms with van der Waals surface area (Å²) in [7, 11) is 0. The highest BCUT2D eigenvalue weighted by molar-refractivity contribution is 5.13. The van der Waals surface area contributed by atoms with E-state index in [0.717, 1.165) is 0 Å². The Hall–Kier alpha value is -0.210. The van der Waals surface area contributed by atoms with Gasteiger partial charge in [-0.25, -0.2) is 0 Å². The number of hydrogen-bond acceptors (Lipinski definition) is 0. The van der Waals surface area contributed by atoms with Gasteiger partial charge in [-0.05, 0) is 17.8 Å². The molecule has 0 aromatic carbocycles. The van der Waals surface area contributed by atoms with Crippen molar-refractivity contribution in [3.8, 4) is 0 Å². The summed E-state index contributed by atoms with van der Waals surface area (Å²) in [6.45, 7) is 6.93. The zero-order valence-electron chi connectivity index (χ0n) is 8.57. The Labute approximate surface area is 77.5 Å². The smallest absolute Gasteiger partial charge is 0.170 e. The van der Waals surface area contributed by atoms with E-state index < -0.39 is 11.6 Å². The Balaban J connectivity index is 2.95. The summed E-state index contributed by atoms with van der Waals surface area (Å²) in [5, 5.41) is 0. The second kappa shape index (κ2) is 2.89. The third-order valence-corrected chi connectivity index (χ3v) is 3.75. The number of hydrogen-bond donors (Lipinski definition) is 0. The molecule has 0 bridgehead atoms. The average molecular weight is 194 g/mol. The van der Waals surface area contributed by atoms with E-state index in [1.54, 1.807) is 20.8 Å². The molecule has 0 amide bonds. The van der Waals surface area contributed by atoms with E-state index in [1.807, 2.05) is 6.92 Å². The summed E-state index contributed by atoms with van der Waals surface area (Å²) < 4.78 is 38.5. The van der Waals surface area contributed by atoms with Crippen LogP contribution in [0.5, 0.6) is 0 Å². The van der Waals surface area contributed by atoms with Crippen LogP contribution < -0.4 is 0 Å². The molecule has 1 aliphatic carbocycles. The van der Waals surface area contributed by atoms with Gasteiger partial charge in [-0.2, -0.15) is 13.2 Å². The van der Waals surface area contributed by atoms with Gasteiger partial charge in [0.05, 0.1) is 5.41 Å². The molecule has 13 heavy (non-hydrogen) atoms. The fourth-order valence-electron chi connectivity index (χ4n) is 3.12. The minimum Gasteiger partial charge on any atom is -0.170 e. The second-order valence-electron chi connectivity index (χ2n) is 4.39. The number of alkyl halides is 3. The Kier molecular flexibility index (Phi) is 2.42. The molecule has 0 aromatic rings. The van der Waals surface area contributed by atoms with Gasteiger partial charge in [-0.1, -0.05) is 34.1 Å². The van der Waals surface area contributed by atoms with Crippen LogP contribution in [0, 0.1) is 23.2 Å². The Morgan fingerprint density at radius 3 is 1.85 bits per heavy atom. The molecule has 1 fully saturated rings. The van der Waals surface area contributed by atoms with Gasteiger partial charge in [0.2, 0.25) is 0 Å². The predicted molar refractivity (Wildman–Crippen MR) is 46.3 cm³/mol. The maximum atomic E-state index is 12.8. The van der Waals surface area contributed by atoms with Crippen LogP contribution in [0.2, 0.25) is 0 Å². The maximum absolute atomic E-state index is 12.8. The van der Waals surface area contributed by atoms with Gasteiger partial charge in [-0.15, -0.1) is 0 Å². The molecule has 3 heteroatoms. The van der Waals surface area contributed by atoms with E-state index in [0.29, 0.717) is 6.42 Å². The van der Waals surface area contributed by atoms with Gasteiger partial charge in [-0.3, -0.25) is 0 Å². The molecule has 3 atom stereocenters. The van der Waals surface area contributed by atoms with Crippen LogP contribution in [0.15, 0.2) is 0 Å². The van der Waals surface area contributed by atoms with E-state index in [1.165, 1.54) is 0 Å². The van der Waals surface area contributed by atoms with Crippen LogP contribution in [0.25, 0.3) is 0 Å². The monoisotopic (exact) mass is 194 g/mol. The molecular weight excluding hydrogens is 177 g/mol. The van der Waals surface area contributed by atoms with Crippen LogP contribution >= 0.6 is 0 Å². The van der Waals surface area contributed by atoms with Crippen molar-refractivity contribution in [1.29, 1.82) is 0 Å². The fourth-order valence-corrected chi connectivity index (χ4v) is 3.12. The van der Waals surface area contributed by atoms with Crippen molar-refractivity contribution in [2.24, 2.45) is 23.2 Å². The molecule has 0 saturated heterocycles. The predicted octanol–water partition coefficient (Wildman–Crippen LogP) is 3.87. The third kappa shape index (κ3) is 1.19. The lowest BCUT2D eigenvalue weighted by Crippen LogP contribution is -2.32. The van der Waals surface area contributed by atoms with E-state index in [9.17, 15) is 13.2 Å². The molecule has 0 aliphatic heterocycles. The summed E-state index contributed by atoms with van der Waals surface area (Å²) in [6, 6.07) is 0. The van der Waals surface area contributed by atoms with Crippen LogP contribution in [-0.2, 0) is 0 Å².